The molecular formula is C12H13ClF3NO2. The summed E-state index contributed by atoms with van der Waals surface area (Å²) < 4.78 is 39.7. The number of amides is 1. The molecule has 106 valence electrons. The van der Waals surface area contributed by atoms with Gasteiger partial charge in [0, 0.05) is 10.7 Å². The summed E-state index contributed by atoms with van der Waals surface area (Å²) in [6.45, 7) is 0.0968. The highest BCUT2D eigenvalue weighted by molar-refractivity contribution is 6.31. The highest BCUT2D eigenvalue weighted by Crippen LogP contribution is 2.23. The van der Waals surface area contributed by atoms with Crippen LogP contribution >= 0.6 is 11.6 Å². The minimum Gasteiger partial charge on any atom is -0.372 e. The molecule has 0 atom stereocenters. The molecule has 3 nitrogen and oxygen atoms in total. The maximum atomic E-state index is 11.8. The summed E-state index contributed by atoms with van der Waals surface area (Å²) >= 11 is 5.87. The van der Waals surface area contributed by atoms with Crippen molar-refractivity contribution in [3.05, 3.63) is 28.8 Å². The molecule has 0 aromatic heterocycles. The van der Waals surface area contributed by atoms with Gasteiger partial charge in [-0.1, -0.05) is 17.7 Å². The van der Waals surface area contributed by atoms with Gasteiger partial charge < -0.3 is 10.1 Å². The second kappa shape index (κ2) is 6.77. The molecule has 0 saturated heterocycles. The van der Waals surface area contributed by atoms with Gasteiger partial charge in [-0.25, -0.2) is 0 Å². The summed E-state index contributed by atoms with van der Waals surface area (Å²) in [6, 6.07) is 5.01. The molecule has 0 unspecified atom stereocenters. The molecule has 0 aliphatic carbocycles. The summed E-state index contributed by atoms with van der Waals surface area (Å²) in [5, 5.41) is 3.07. The zero-order chi connectivity index (χ0) is 14.5. The predicted octanol–water partition coefficient (Wildman–Crippen LogP) is 3.56. The standard InChI is InChI=1S/C12H13ClF3NO2/c1-8-9(13)3-2-4-10(8)17-11(18)5-6-19-7-12(14,15)16/h2-4H,5-7H2,1H3,(H,17,18). The van der Waals surface area contributed by atoms with E-state index in [2.05, 4.69) is 10.1 Å². The van der Waals surface area contributed by atoms with Crippen molar-refractivity contribution in [3.8, 4) is 0 Å². The van der Waals surface area contributed by atoms with Gasteiger partial charge in [0.05, 0.1) is 13.0 Å². The third-order valence-corrected chi connectivity index (χ3v) is 2.69. The van der Waals surface area contributed by atoms with Crippen LogP contribution in [0.4, 0.5) is 18.9 Å². The van der Waals surface area contributed by atoms with Crippen LogP contribution in [0, 0.1) is 6.92 Å². The number of halogens is 4. The SMILES string of the molecule is Cc1c(Cl)cccc1NC(=O)CCOCC(F)(F)F. The van der Waals surface area contributed by atoms with E-state index in [-0.39, 0.29) is 13.0 Å². The molecular weight excluding hydrogens is 283 g/mol. The van der Waals surface area contributed by atoms with E-state index >= 15 is 0 Å². The van der Waals surface area contributed by atoms with E-state index in [9.17, 15) is 18.0 Å². The van der Waals surface area contributed by atoms with Crippen LogP contribution in [0.3, 0.4) is 0 Å². The molecule has 0 fully saturated rings. The Morgan fingerprint density at radius 1 is 1.42 bits per heavy atom. The lowest BCUT2D eigenvalue weighted by atomic mass is 10.2. The molecule has 0 aliphatic heterocycles. The molecule has 7 heteroatoms. The van der Waals surface area contributed by atoms with Crippen LogP contribution < -0.4 is 5.32 Å². The Hall–Kier alpha value is -1.27. The monoisotopic (exact) mass is 295 g/mol. The van der Waals surface area contributed by atoms with Crippen LogP contribution in [-0.4, -0.2) is 25.3 Å². The number of rotatable bonds is 5. The third kappa shape index (κ3) is 5.94. The van der Waals surface area contributed by atoms with Crippen LogP contribution in [-0.2, 0) is 9.53 Å². The average Bonchev–Trinajstić information content (AvgIpc) is 2.29. The molecule has 1 rings (SSSR count). The van der Waals surface area contributed by atoms with Crippen molar-refractivity contribution in [2.75, 3.05) is 18.5 Å². The van der Waals surface area contributed by atoms with E-state index in [0.29, 0.717) is 16.3 Å². The Labute approximate surface area is 113 Å². The quantitative estimate of drug-likeness (QED) is 0.844. The van der Waals surface area contributed by atoms with E-state index in [0.717, 1.165) is 0 Å². The van der Waals surface area contributed by atoms with Crippen molar-refractivity contribution in [1.82, 2.24) is 0 Å². The Morgan fingerprint density at radius 2 is 2.11 bits per heavy atom. The van der Waals surface area contributed by atoms with E-state index in [1.54, 1.807) is 25.1 Å². The summed E-state index contributed by atoms with van der Waals surface area (Å²) in [5.74, 6) is -0.424. The van der Waals surface area contributed by atoms with Gasteiger partial charge in [-0.15, -0.1) is 0 Å². The van der Waals surface area contributed by atoms with Crippen molar-refractivity contribution in [2.45, 2.75) is 19.5 Å². The lowest BCUT2D eigenvalue weighted by Crippen LogP contribution is -2.20. The number of benzene rings is 1. The molecule has 1 aromatic rings. The minimum atomic E-state index is -4.37. The summed E-state index contributed by atoms with van der Waals surface area (Å²) in [5.41, 5.74) is 1.24. The Morgan fingerprint density at radius 3 is 2.74 bits per heavy atom. The van der Waals surface area contributed by atoms with Gasteiger partial charge in [-0.3, -0.25) is 4.79 Å². The van der Waals surface area contributed by atoms with Crippen molar-refractivity contribution < 1.29 is 22.7 Å². The van der Waals surface area contributed by atoms with Crippen molar-refractivity contribution in [1.29, 1.82) is 0 Å². The molecule has 0 bridgehead atoms. The minimum absolute atomic E-state index is 0.151. The van der Waals surface area contributed by atoms with Gasteiger partial charge in [0.1, 0.15) is 6.61 Å². The number of hydrogen-bond acceptors (Lipinski definition) is 2. The number of hydrogen-bond donors (Lipinski definition) is 1. The second-order valence-corrected chi connectivity index (χ2v) is 4.29. The maximum Gasteiger partial charge on any atom is 0.411 e. The fourth-order valence-corrected chi connectivity index (χ4v) is 1.48. The molecule has 0 heterocycles. The largest absolute Gasteiger partial charge is 0.411 e. The number of nitrogens with one attached hydrogen (secondary N) is 1. The normalized spacial score (nSPS) is 11.4. The number of alkyl halides is 3. The van der Waals surface area contributed by atoms with E-state index < -0.39 is 18.7 Å². The lowest BCUT2D eigenvalue weighted by Gasteiger charge is -2.10. The summed E-state index contributed by atoms with van der Waals surface area (Å²) in [4.78, 5) is 11.5. The highest BCUT2D eigenvalue weighted by Gasteiger charge is 2.27. The summed E-state index contributed by atoms with van der Waals surface area (Å²) in [7, 11) is 0. The smallest absolute Gasteiger partial charge is 0.372 e. The molecule has 1 aromatic carbocycles. The Bertz CT molecular complexity index is 449. The van der Waals surface area contributed by atoms with Crippen molar-refractivity contribution in [3.63, 3.8) is 0 Å². The van der Waals surface area contributed by atoms with Gasteiger partial charge in [-0.2, -0.15) is 13.2 Å². The number of ether oxygens (including phenoxy) is 1. The van der Waals surface area contributed by atoms with Gasteiger partial charge in [0.15, 0.2) is 0 Å². The fourth-order valence-electron chi connectivity index (χ4n) is 1.31. The zero-order valence-corrected chi connectivity index (χ0v) is 10.9. The first kappa shape index (κ1) is 15.8. The van der Waals surface area contributed by atoms with Crippen LogP contribution in [0.1, 0.15) is 12.0 Å². The number of anilines is 1. The van der Waals surface area contributed by atoms with E-state index in [1.807, 2.05) is 0 Å². The van der Waals surface area contributed by atoms with Gasteiger partial charge in [0.2, 0.25) is 5.91 Å². The molecule has 0 radical (unpaired) electrons. The molecule has 1 amide bonds. The van der Waals surface area contributed by atoms with Crippen molar-refractivity contribution in [2.24, 2.45) is 0 Å². The molecule has 0 aliphatic rings. The van der Waals surface area contributed by atoms with Crippen LogP contribution in [0.2, 0.25) is 5.02 Å². The van der Waals surface area contributed by atoms with Crippen LogP contribution in [0.25, 0.3) is 0 Å². The van der Waals surface area contributed by atoms with E-state index in [1.165, 1.54) is 0 Å². The lowest BCUT2D eigenvalue weighted by molar-refractivity contribution is -0.174. The molecule has 0 saturated carbocycles. The van der Waals surface area contributed by atoms with Gasteiger partial charge >= 0.3 is 6.18 Å². The Balaban J connectivity index is 2.38. The average molecular weight is 296 g/mol. The highest BCUT2D eigenvalue weighted by atomic mass is 35.5. The first-order valence-electron chi connectivity index (χ1n) is 5.49. The van der Waals surface area contributed by atoms with Crippen LogP contribution in [0.5, 0.6) is 0 Å². The Kier molecular flexibility index (Phi) is 5.62. The van der Waals surface area contributed by atoms with Gasteiger partial charge in [0.25, 0.3) is 0 Å². The van der Waals surface area contributed by atoms with E-state index in [4.69, 9.17) is 11.6 Å². The number of carbonyl (C=O) groups is 1. The summed E-state index contributed by atoms with van der Waals surface area (Å²) in [6.07, 6.45) is -4.53. The maximum absolute atomic E-state index is 11.8. The first-order valence-corrected chi connectivity index (χ1v) is 5.87. The molecule has 0 spiro atoms. The topological polar surface area (TPSA) is 38.3 Å². The van der Waals surface area contributed by atoms with Crippen LogP contribution in [0.15, 0.2) is 18.2 Å². The molecule has 1 N–H and O–H groups in total. The fraction of sp³-hybridized carbons (Fsp3) is 0.417. The van der Waals surface area contributed by atoms with Crippen molar-refractivity contribution >= 4 is 23.2 Å². The zero-order valence-electron chi connectivity index (χ0n) is 10.2. The van der Waals surface area contributed by atoms with Gasteiger partial charge in [-0.05, 0) is 24.6 Å². The molecule has 19 heavy (non-hydrogen) atoms. The number of carbonyl (C=O) groups excluding carboxylic acids is 1. The first-order chi connectivity index (χ1) is 8.79. The predicted molar refractivity (Wildman–Crippen MR) is 66.3 cm³/mol. The second-order valence-electron chi connectivity index (χ2n) is 3.88. The third-order valence-electron chi connectivity index (χ3n) is 2.28.